The lowest BCUT2D eigenvalue weighted by molar-refractivity contribution is -0.119. The molecule has 2 aliphatic heterocycles. The fourth-order valence-electron chi connectivity index (χ4n) is 4.30. The van der Waals surface area contributed by atoms with Gasteiger partial charge in [-0.2, -0.15) is 0 Å². The minimum absolute atomic E-state index is 0.142. The number of amides is 1. The first kappa shape index (κ1) is 21.1. The second-order valence-electron chi connectivity index (χ2n) is 8.52. The number of carbonyl (C=O) groups is 1. The van der Waals surface area contributed by atoms with Gasteiger partial charge in [-0.3, -0.25) is 30.2 Å². The Bertz CT molecular complexity index is 1070. The van der Waals surface area contributed by atoms with Gasteiger partial charge < -0.3 is 16.4 Å². The third kappa shape index (κ3) is 4.88. The van der Waals surface area contributed by atoms with Crippen LogP contribution < -0.4 is 21.8 Å². The number of hydrazine groups is 1. The van der Waals surface area contributed by atoms with Crippen LogP contribution in [0.1, 0.15) is 25.7 Å². The zero-order chi connectivity index (χ0) is 22.6. The minimum Gasteiger partial charge on any atom is -0.352 e. The van der Waals surface area contributed by atoms with Gasteiger partial charge in [-0.05, 0) is 49.9 Å². The number of pyridine rings is 1. The number of para-hydroxylation sites is 1. The third-order valence-corrected chi connectivity index (χ3v) is 6.08. The maximum atomic E-state index is 13.1. The molecule has 3 aliphatic rings. The monoisotopic (exact) mass is 444 g/mol. The molecule has 2 aromatic rings. The summed E-state index contributed by atoms with van der Waals surface area (Å²) in [6, 6.07) is 13.4. The number of hydrogen-bond donors (Lipinski definition) is 4. The number of anilines is 2. The van der Waals surface area contributed by atoms with E-state index >= 15 is 0 Å². The topological polar surface area (TPSA) is 120 Å². The van der Waals surface area contributed by atoms with Crippen molar-refractivity contribution in [2.24, 2.45) is 15.7 Å². The molecular formula is C24H28N8O. The number of amidine groups is 2. The van der Waals surface area contributed by atoms with E-state index in [9.17, 15) is 4.79 Å². The Labute approximate surface area is 192 Å². The minimum atomic E-state index is -0.501. The number of benzene rings is 1. The molecule has 0 spiro atoms. The van der Waals surface area contributed by atoms with Crippen LogP contribution in [0.4, 0.5) is 11.4 Å². The predicted molar refractivity (Wildman–Crippen MR) is 130 cm³/mol. The average molecular weight is 445 g/mol. The van der Waals surface area contributed by atoms with Crippen molar-refractivity contribution in [3.05, 3.63) is 66.6 Å². The van der Waals surface area contributed by atoms with E-state index in [1.54, 1.807) is 24.5 Å². The quantitative estimate of drug-likeness (QED) is 0.562. The second kappa shape index (κ2) is 9.41. The molecule has 1 amide bonds. The molecule has 1 aromatic carbocycles. The summed E-state index contributed by atoms with van der Waals surface area (Å²) in [5, 5.41) is 8.21. The second-order valence-corrected chi connectivity index (χ2v) is 8.52. The van der Waals surface area contributed by atoms with E-state index in [-0.39, 0.29) is 18.0 Å². The summed E-state index contributed by atoms with van der Waals surface area (Å²) in [6.07, 6.45) is 9.16. The Balaban J connectivity index is 1.39. The van der Waals surface area contributed by atoms with Crippen molar-refractivity contribution in [1.82, 2.24) is 15.4 Å². The fraction of sp³-hybridized carbons (Fsp3) is 0.333. The van der Waals surface area contributed by atoms with Crippen LogP contribution in [0, 0.1) is 0 Å². The van der Waals surface area contributed by atoms with Gasteiger partial charge in [-0.25, -0.2) is 0 Å². The molecule has 3 heterocycles. The number of aromatic nitrogens is 1. The third-order valence-electron chi connectivity index (χ3n) is 6.08. The van der Waals surface area contributed by atoms with Crippen LogP contribution in [0.25, 0.3) is 0 Å². The number of nitrogens with one attached hydrogen (secondary N) is 3. The maximum absolute atomic E-state index is 13.1. The van der Waals surface area contributed by atoms with E-state index < -0.39 is 6.04 Å². The highest BCUT2D eigenvalue weighted by Gasteiger charge is 2.38. The number of nitrogens with two attached hydrogens (primary N) is 1. The normalized spacial score (nSPS) is 25.5. The zero-order valence-corrected chi connectivity index (χ0v) is 18.3. The molecule has 33 heavy (non-hydrogen) atoms. The van der Waals surface area contributed by atoms with E-state index in [4.69, 9.17) is 10.7 Å². The number of hydrogen-bond acceptors (Lipinski definition) is 7. The maximum Gasteiger partial charge on any atom is 0.251 e. The Kier molecular flexibility index (Phi) is 6.03. The van der Waals surface area contributed by atoms with Crippen molar-refractivity contribution in [2.75, 3.05) is 17.2 Å². The summed E-state index contributed by atoms with van der Waals surface area (Å²) in [7, 11) is 0. The summed E-state index contributed by atoms with van der Waals surface area (Å²) < 4.78 is 0. The SMILES string of the molecule is NC1CCC(N=C2C=C(Nc3ccccc3)C3=NCC(C(=O)Nc4ccncc4)N3N2)CC1. The van der Waals surface area contributed by atoms with Crippen molar-refractivity contribution < 1.29 is 4.79 Å². The van der Waals surface area contributed by atoms with Crippen LogP contribution in [0.3, 0.4) is 0 Å². The Morgan fingerprint density at radius 3 is 2.58 bits per heavy atom. The van der Waals surface area contributed by atoms with Crippen LogP contribution in [0.5, 0.6) is 0 Å². The summed E-state index contributed by atoms with van der Waals surface area (Å²) in [5.41, 5.74) is 11.9. The van der Waals surface area contributed by atoms with Gasteiger partial charge in [0.2, 0.25) is 0 Å². The van der Waals surface area contributed by atoms with Crippen molar-refractivity contribution in [3.8, 4) is 0 Å². The highest BCUT2D eigenvalue weighted by atomic mass is 16.2. The molecular weight excluding hydrogens is 416 g/mol. The molecule has 9 nitrogen and oxygen atoms in total. The van der Waals surface area contributed by atoms with Gasteiger partial charge in [-0.15, -0.1) is 0 Å². The Morgan fingerprint density at radius 1 is 1.06 bits per heavy atom. The van der Waals surface area contributed by atoms with Gasteiger partial charge in [-0.1, -0.05) is 18.2 Å². The Morgan fingerprint density at radius 2 is 1.82 bits per heavy atom. The summed E-state index contributed by atoms with van der Waals surface area (Å²) in [4.78, 5) is 26.7. The van der Waals surface area contributed by atoms with Gasteiger partial charge >= 0.3 is 0 Å². The average Bonchev–Trinajstić information content (AvgIpc) is 3.26. The molecule has 0 saturated heterocycles. The zero-order valence-electron chi connectivity index (χ0n) is 18.3. The van der Waals surface area contributed by atoms with Crippen LogP contribution >= 0.6 is 0 Å². The van der Waals surface area contributed by atoms with Gasteiger partial charge in [0.05, 0.1) is 18.3 Å². The number of carbonyl (C=O) groups excluding carboxylic acids is 1. The molecule has 5 N–H and O–H groups in total. The van der Waals surface area contributed by atoms with Gasteiger partial charge in [0, 0.05) is 35.9 Å². The molecule has 1 aliphatic carbocycles. The molecule has 1 unspecified atom stereocenters. The first-order valence-corrected chi connectivity index (χ1v) is 11.3. The van der Waals surface area contributed by atoms with Gasteiger partial charge in [0.15, 0.2) is 11.9 Å². The van der Waals surface area contributed by atoms with Crippen LogP contribution in [-0.4, -0.2) is 52.2 Å². The van der Waals surface area contributed by atoms with Crippen LogP contribution in [0.15, 0.2) is 76.6 Å². The number of aliphatic imine (C=N–C) groups is 2. The van der Waals surface area contributed by atoms with Crippen LogP contribution in [0.2, 0.25) is 0 Å². The first-order valence-electron chi connectivity index (χ1n) is 11.3. The molecule has 1 aromatic heterocycles. The molecule has 1 atom stereocenters. The molecule has 9 heteroatoms. The predicted octanol–water partition coefficient (Wildman–Crippen LogP) is 2.29. The van der Waals surface area contributed by atoms with E-state index in [1.807, 2.05) is 41.4 Å². The molecule has 0 radical (unpaired) electrons. The van der Waals surface area contributed by atoms with Crippen molar-refractivity contribution in [3.63, 3.8) is 0 Å². The highest BCUT2D eigenvalue weighted by molar-refractivity contribution is 6.14. The molecule has 170 valence electrons. The highest BCUT2D eigenvalue weighted by Crippen LogP contribution is 2.24. The van der Waals surface area contributed by atoms with E-state index in [0.29, 0.717) is 18.1 Å². The molecule has 5 rings (SSSR count). The molecule has 1 saturated carbocycles. The number of rotatable bonds is 5. The lowest BCUT2D eigenvalue weighted by atomic mass is 9.92. The van der Waals surface area contributed by atoms with E-state index in [0.717, 1.165) is 42.9 Å². The van der Waals surface area contributed by atoms with Gasteiger partial charge in [0.25, 0.3) is 5.91 Å². The van der Waals surface area contributed by atoms with Crippen LogP contribution in [-0.2, 0) is 4.79 Å². The van der Waals surface area contributed by atoms with Crippen molar-refractivity contribution >= 4 is 29.0 Å². The van der Waals surface area contributed by atoms with Gasteiger partial charge in [0.1, 0.15) is 5.84 Å². The van der Waals surface area contributed by atoms with Crippen molar-refractivity contribution in [2.45, 2.75) is 43.8 Å². The summed E-state index contributed by atoms with van der Waals surface area (Å²) >= 11 is 0. The smallest absolute Gasteiger partial charge is 0.251 e. The summed E-state index contributed by atoms with van der Waals surface area (Å²) in [5.74, 6) is 1.27. The first-order chi connectivity index (χ1) is 16.2. The largest absolute Gasteiger partial charge is 0.352 e. The lowest BCUT2D eigenvalue weighted by Crippen LogP contribution is -2.57. The fourth-order valence-corrected chi connectivity index (χ4v) is 4.30. The van der Waals surface area contributed by atoms with E-state index in [1.165, 1.54) is 0 Å². The van der Waals surface area contributed by atoms with Crippen molar-refractivity contribution in [1.29, 1.82) is 0 Å². The number of nitrogens with zero attached hydrogens (tertiary/aromatic N) is 4. The standard InChI is InChI=1S/C24H28N8O/c25-16-6-8-18(9-7-16)29-22-14-20(28-17-4-2-1-3-5-17)23-27-15-21(32(23)31-22)24(33)30-19-10-12-26-13-11-19/h1-5,10-14,16,18,21,28H,6-9,15,25H2,(H,29,31)(H,26,30,33). The molecule has 1 fully saturated rings. The summed E-state index contributed by atoms with van der Waals surface area (Å²) in [6.45, 7) is 0.346. The lowest BCUT2D eigenvalue weighted by Gasteiger charge is -2.33. The Hall–Kier alpha value is -3.72. The number of fused-ring (bicyclic) bond motifs is 1. The van der Waals surface area contributed by atoms with E-state index in [2.05, 4.69) is 26.0 Å². The molecule has 0 bridgehead atoms.